The molecule has 7 nitrogen and oxygen atoms in total. The van der Waals surface area contributed by atoms with Crippen molar-refractivity contribution >= 4 is 11.9 Å². The predicted octanol–water partition coefficient (Wildman–Crippen LogP) is 0.711. The molecule has 0 unspecified atom stereocenters. The monoisotopic (exact) mass is 332 g/mol. The molecule has 24 heavy (non-hydrogen) atoms. The highest BCUT2D eigenvalue weighted by Gasteiger charge is 2.42. The van der Waals surface area contributed by atoms with Crippen LogP contribution in [0.5, 0.6) is 0 Å². The second-order valence-corrected chi connectivity index (χ2v) is 6.89. The molecule has 4 rings (SSSR count). The maximum absolute atomic E-state index is 12.5. The Hall–Kier alpha value is -1.73. The fourth-order valence-electron chi connectivity index (χ4n) is 3.89. The van der Waals surface area contributed by atoms with Gasteiger partial charge >= 0.3 is 0 Å². The topological polar surface area (TPSA) is 67.8 Å². The summed E-state index contributed by atoms with van der Waals surface area (Å²) in [5.74, 6) is 1.07. The predicted molar refractivity (Wildman–Crippen MR) is 87.7 cm³/mol. The summed E-state index contributed by atoms with van der Waals surface area (Å²) in [5, 5.41) is 0. The molecule has 3 fully saturated rings. The first kappa shape index (κ1) is 15.8. The van der Waals surface area contributed by atoms with Crippen molar-refractivity contribution in [3.8, 4) is 0 Å². The highest BCUT2D eigenvalue weighted by atomic mass is 16.5. The van der Waals surface area contributed by atoms with Crippen LogP contribution in [0.2, 0.25) is 0 Å². The third-order valence-electron chi connectivity index (χ3n) is 5.35. The number of piperidine rings is 1. The van der Waals surface area contributed by atoms with Gasteiger partial charge in [0, 0.05) is 38.6 Å². The van der Waals surface area contributed by atoms with Crippen LogP contribution < -0.4 is 4.90 Å². The van der Waals surface area contributed by atoms with E-state index in [1.54, 1.807) is 12.4 Å². The number of morpholine rings is 1. The molecule has 0 aromatic carbocycles. The molecule has 0 radical (unpaired) electrons. The Morgan fingerprint density at radius 3 is 2.67 bits per heavy atom. The van der Waals surface area contributed by atoms with E-state index >= 15 is 0 Å². The quantitative estimate of drug-likeness (QED) is 0.795. The normalized spacial score (nSPS) is 26.8. The van der Waals surface area contributed by atoms with Crippen molar-refractivity contribution < 1.29 is 14.3 Å². The molecule has 0 saturated carbocycles. The number of likely N-dealkylation sites (tertiary alicyclic amines) is 1. The van der Waals surface area contributed by atoms with E-state index in [1.807, 2.05) is 11.0 Å². The Morgan fingerprint density at radius 2 is 1.96 bits per heavy atom. The highest BCUT2D eigenvalue weighted by molar-refractivity contribution is 5.79. The van der Waals surface area contributed by atoms with Crippen LogP contribution >= 0.6 is 0 Å². The fraction of sp³-hybridized carbons (Fsp3) is 0.706. The number of hydrogen-bond donors (Lipinski definition) is 0. The Labute approximate surface area is 142 Å². The molecule has 0 N–H and O–H groups in total. The van der Waals surface area contributed by atoms with Gasteiger partial charge in [-0.25, -0.2) is 9.97 Å². The summed E-state index contributed by atoms with van der Waals surface area (Å²) in [7, 11) is 0. The molecule has 1 aromatic rings. The molecule has 3 aliphatic heterocycles. The smallest absolute Gasteiger partial charge is 0.228 e. The summed E-state index contributed by atoms with van der Waals surface area (Å²) < 4.78 is 11.5. The van der Waals surface area contributed by atoms with Crippen molar-refractivity contribution in [3.63, 3.8) is 0 Å². The van der Waals surface area contributed by atoms with Gasteiger partial charge in [-0.1, -0.05) is 0 Å². The van der Waals surface area contributed by atoms with Gasteiger partial charge in [0.05, 0.1) is 31.3 Å². The molecular weight excluding hydrogens is 308 g/mol. The van der Waals surface area contributed by atoms with Crippen LogP contribution in [0.3, 0.4) is 0 Å². The van der Waals surface area contributed by atoms with Crippen molar-refractivity contribution in [2.45, 2.75) is 24.9 Å². The minimum absolute atomic E-state index is 0.0561. The molecule has 7 heteroatoms. The molecule has 0 aliphatic carbocycles. The number of aromatic nitrogens is 2. The molecule has 1 aromatic heterocycles. The second-order valence-electron chi connectivity index (χ2n) is 6.89. The van der Waals surface area contributed by atoms with Gasteiger partial charge in [-0.05, 0) is 25.3 Å². The lowest BCUT2D eigenvalue weighted by Gasteiger charge is -2.47. The van der Waals surface area contributed by atoms with Crippen LogP contribution in [0.25, 0.3) is 0 Å². The lowest BCUT2D eigenvalue weighted by atomic mass is 9.88. The SMILES string of the molecule is O=C([C@@H]1CCOC1)N1CCC2(CC1)CN(c1ncccn1)CCO2. The van der Waals surface area contributed by atoms with Crippen LogP contribution in [-0.4, -0.2) is 72.4 Å². The fourth-order valence-corrected chi connectivity index (χ4v) is 3.89. The standard InChI is InChI=1S/C17H24N4O3/c22-15(14-2-10-23-12-14)20-7-3-17(4-8-20)13-21(9-11-24-17)16-18-5-1-6-19-16/h1,5-6,14H,2-4,7-13H2/t14-/m1/s1. The molecule has 0 bridgehead atoms. The summed E-state index contributed by atoms with van der Waals surface area (Å²) in [5.41, 5.74) is -0.180. The minimum atomic E-state index is -0.180. The first-order valence-corrected chi connectivity index (χ1v) is 8.78. The van der Waals surface area contributed by atoms with Crippen LogP contribution in [0.4, 0.5) is 5.95 Å². The zero-order valence-corrected chi connectivity index (χ0v) is 13.9. The third-order valence-corrected chi connectivity index (χ3v) is 5.35. The van der Waals surface area contributed by atoms with E-state index in [9.17, 15) is 4.79 Å². The van der Waals surface area contributed by atoms with Crippen LogP contribution in [0.1, 0.15) is 19.3 Å². The van der Waals surface area contributed by atoms with Gasteiger partial charge in [0.15, 0.2) is 0 Å². The number of amides is 1. The number of nitrogens with zero attached hydrogens (tertiary/aromatic N) is 4. The largest absolute Gasteiger partial charge is 0.381 e. The Kier molecular flexibility index (Phi) is 4.37. The van der Waals surface area contributed by atoms with Gasteiger partial charge in [0.1, 0.15) is 0 Å². The molecule has 4 heterocycles. The zero-order chi connectivity index (χ0) is 16.4. The van der Waals surface area contributed by atoms with Crippen LogP contribution in [0.15, 0.2) is 18.5 Å². The average molecular weight is 332 g/mol. The molecule has 1 spiro atoms. The maximum atomic E-state index is 12.5. The number of anilines is 1. The van der Waals surface area contributed by atoms with Gasteiger partial charge in [-0.15, -0.1) is 0 Å². The summed E-state index contributed by atoms with van der Waals surface area (Å²) in [6.07, 6.45) is 6.15. The van der Waals surface area contributed by atoms with E-state index in [-0.39, 0.29) is 17.4 Å². The number of hydrogen-bond acceptors (Lipinski definition) is 6. The van der Waals surface area contributed by atoms with Crippen LogP contribution in [0, 0.1) is 5.92 Å². The van der Waals surface area contributed by atoms with Crippen LogP contribution in [-0.2, 0) is 14.3 Å². The molecule has 130 valence electrons. The van der Waals surface area contributed by atoms with Gasteiger partial charge in [0.2, 0.25) is 11.9 Å². The second kappa shape index (κ2) is 6.64. The van der Waals surface area contributed by atoms with Gasteiger partial charge in [-0.3, -0.25) is 4.79 Å². The molecule has 3 saturated heterocycles. The Morgan fingerprint density at radius 1 is 1.17 bits per heavy atom. The lowest BCUT2D eigenvalue weighted by Crippen LogP contribution is -2.58. The summed E-state index contributed by atoms with van der Waals surface area (Å²) in [6.45, 7) is 5.11. The number of carbonyl (C=O) groups is 1. The highest BCUT2D eigenvalue weighted by Crippen LogP contribution is 2.32. The summed E-state index contributed by atoms with van der Waals surface area (Å²) in [6, 6.07) is 1.83. The van der Waals surface area contributed by atoms with Crippen molar-refractivity contribution in [2.24, 2.45) is 5.92 Å². The van der Waals surface area contributed by atoms with E-state index in [4.69, 9.17) is 9.47 Å². The summed E-state index contributed by atoms with van der Waals surface area (Å²) in [4.78, 5) is 25.4. The summed E-state index contributed by atoms with van der Waals surface area (Å²) >= 11 is 0. The van der Waals surface area contributed by atoms with Gasteiger partial charge in [0.25, 0.3) is 0 Å². The zero-order valence-electron chi connectivity index (χ0n) is 13.9. The van der Waals surface area contributed by atoms with Crippen molar-refractivity contribution in [2.75, 3.05) is 50.9 Å². The minimum Gasteiger partial charge on any atom is -0.381 e. The van der Waals surface area contributed by atoms with Gasteiger partial charge < -0.3 is 19.3 Å². The first-order chi connectivity index (χ1) is 11.8. The number of ether oxygens (including phenoxy) is 2. The average Bonchev–Trinajstić information content (AvgIpc) is 3.17. The maximum Gasteiger partial charge on any atom is 0.228 e. The van der Waals surface area contributed by atoms with Crippen molar-refractivity contribution in [1.29, 1.82) is 0 Å². The Balaban J connectivity index is 1.38. The van der Waals surface area contributed by atoms with Crippen molar-refractivity contribution in [1.82, 2.24) is 14.9 Å². The molecule has 1 amide bonds. The molecular formula is C17H24N4O3. The van der Waals surface area contributed by atoms with E-state index in [0.29, 0.717) is 19.8 Å². The van der Waals surface area contributed by atoms with E-state index in [1.165, 1.54) is 0 Å². The third kappa shape index (κ3) is 3.10. The van der Waals surface area contributed by atoms with Crippen molar-refractivity contribution in [3.05, 3.63) is 18.5 Å². The number of carbonyl (C=O) groups excluding carboxylic acids is 1. The first-order valence-electron chi connectivity index (χ1n) is 8.78. The van der Waals surface area contributed by atoms with E-state index in [0.717, 1.165) is 51.4 Å². The number of rotatable bonds is 2. The van der Waals surface area contributed by atoms with E-state index in [2.05, 4.69) is 14.9 Å². The molecule has 1 atom stereocenters. The Bertz CT molecular complexity index is 568. The van der Waals surface area contributed by atoms with Gasteiger partial charge in [-0.2, -0.15) is 0 Å². The molecule has 3 aliphatic rings. The van der Waals surface area contributed by atoms with E-state index < -0.39 is 0 Å². The lowest BCUT2D eigenvalue weighted by molar-refractivity contribution is -0.143.